The third-order valence-electron chi connectivity index (χ3n) is 5.98. The molecule has 1 aliphatic carbocycles. The summed E-state index contributed by atoms with van der Waals surface area (Å²) in [6, 6.07) is 9.51. The number of hydrogen-bond acceptors (Lipinski definition) is 4. The van der Waals surface area contributed by atoms with Crippen LogP contribution in [-0.2, 0) is 24.8 Å². The molecule has 8 nitrogen and oxygen atoms in total. The molecule has 0 radical (unpaired) electrons. The van der Waals surface area contributed by atoms with E-state index in [9.17, 15) is 14.0 Å². The van der Waals surface area contributed by atoms with Crippen molar-refractivity contribution in [3.63, 3.8) is 0 Å². The molecule has 2 heterocycles. The van der Waals surface area contributed by atoms with Gasteiger partial charge in [0.2, 0.25) is 0 Å². The number of hydrogen-bond donors (Lipinski definition) is 3. The number of carbonyl (C=O) groups is 2. The van der Waals surface area contributed by atoms with E-state index in [-0.39, 0.29) is 16.8 Å². The predicted molar refractivity (Wildman–Crippen MR) is 133 cm³/mol. The number of rotatable bonds is 8. The number of aromatic nitrogens is 3. The van der Waals surface area contributed by atoms with Crippen molar-refractivity contribution in [3.8, 4) is 0 Å². The van der Waals surface area contributed by atoms with Crippen molar-refractivity contribution >= 4 is 23.4 Å². The van der Waals surface area contributed by atoms with Crippen molar-refractivity contribution in [3.05, 3.63) is 70.9 Å². The maximum Gasteiger partial charge on any atom is 0.324 e. The van der Waals surface area contributed by atoms with Crippen LogP contribution in [0.15, 0.2) is 42.6 Å². The first-order valence-electron chi connectivity index (χ1n) is 11.8. The molecule has 0 aliphatic heterocycles. The zero-order valence-corrected chi connectivity index (χ0v) is 20.3. The van der Waals surface area contributed by atoms with Crippen LogP contribution in [0.5, 0.6) is 0 Å². The number of nitrogens with one attached hydrogen (secondary N) is 2. The van der Waals surface area contributed by atoms with Crippen molar-refractivity contribution in [1.82, 2.24) is 14.8 Å². The highest BCUT2D eigenvalue weighted by atomic mass is 19.1. The summed E-state index contributed by atoms with van der Waals surface area (Å²) in [7, 11) is 0. The zero-order chi connectivity index (χ0) is 25.2. The number of primary amides is 1. The van der Waals surface area contributed by atoms with E-state index in [4.69, 9.17) is 5.73 Å². The van der Waals surface area contributed by atoms with Gasteiger partial charge in [0.05, 0.1) is 11.4 Å². The van der Waals surface area contributed by atoms with Gasteiger partial charge in [0, 0.05) is 24.2 Å². The number of pyridine rings is 1. The van der Waals surface area contributed by atoms with Gasteiger partial charge >= 0.3 is 6.03 Å². The van der Waals surface area contributed by atoms with Crippen LogP contribution >= 0.6 is 0 Å². The molecule has 0 unspecified atom stereocenters. The van der Waals surface area contributed by atoms with Crippen LogP contribution in [0, 0.1) is 11.7 Å². The predicted octanol–water partition coefficient (Wildman–Crippen LogP) is 4.65. The van der Waals surface area contributed by atoms with Gasteiger partial charge in [-0.25, -0.2) is 13.9 Å². The summed E-state index contributed by atoms with van der Waals surface area (Å²) < 4.78 is 16.6. The van der Waals surface area contributed by atoms with Crippen molar-refractivity contribution in [2.75, 3.05) is 10.6 Å². The third kappa shape index (κ3) is 6.44. The lowest BCUT2D eigenvalue weighted by Gasteiger charge is -2.14. The number of halogens is 1. The molecule has 0 atom stereocenters. The lowest BCUT2D eigenvalue weighted by atomic mass is 9.92. The highest BCUT2D eigenvalue weighted by Gasteiger charge is 2.26. The molecule has 3 aromatic rings. The van der Waals surface area contributed by atoms with E-state index in [1.54, 1.807) is 24.3 Å². The fraction of sp³-hybridized carbons (Fsp3) is 0.385. The standard InChI is InChI=1S/C26H31FN6O2/c1-26(2,3)22-14-23(33(32-22)15-18-6-7-18)31-25(35)30-20-9-8-16(12-19(20)27)4-5-17-10-11-29-21(13-17)24(28)34/h8-14,18H,4-7,15H2,1-3H3,(H2,28,34)(H2,30,31,35). The molecule has 0 saturated heterocycles. The Morgan fingerprint density at radius 2 is 1.80 bits per heavy atom. The van der Waals surface area contributed by atoms with Gasteiger partial charge in [-0.2, -0.15) is 5.10 Å². The molecule has 0 bridgehead atoms. The Bertz CT molecular complexity index is 1240. The Morgan fingerprint density at radius 1 is 1.09 bits per heavy atom. The first-order valence-corrected chi connectivity index (χ1v) is 11.8. The molecule has 2 aromatic heterocycles. The van der Waals surface area contributed by atoms with Crippen LogP contribution in [0.1, 0.15) is 60.9 Å². The van der Waals surface area contributed by atoms with Gasteiger partial charge in [-0.05, 0) is 67.0 Å². The van der Waals surface area contributed by atoms with E-state index in [1.165, 1.54) is 25.1 Å². The fourth-order valence-corrected chi connectivity index (χ4v) is 3.71. The summed E-state index contributed by atoms with van der Waals surface area (Å²) in [4.78, 5) is 27.9. The molecule has 35 heavy (non-hydrogen) atoms. The Hall–Kier alpha value is -3.75. The van der Waals surface area contributed by atoms with Gasteiger partial charge in [-0.1, -0.05) is 26.8 Å². The van der Waals surface area contributed by atoms with Crippen LogP contribution in [0.25, 0.3) is 0 Å². The van der Waals surface area contributed by atoms with Gasteiger partial charge in [0.25, 0.3) is 5.91 Å². The maximum atomic E-state index is 14.7. The molecule has 3 amide bonds. The average molecular weight is 479 g/mol. The lowest BCUT2D eigenvalue weighted by molar-refractivity contribution is 0.0995. The third-order valence-corrected chi connectivity index (χ3v) is 5.98. The Morgan fingerprint density at radius 3 is 2.43 bits per heavy atom. The van der Waals surface area contributed by atoms with Crippen molar-refractivity contribution in [2.45, 2.75) is 58.4 Å². The van der Waals surface area contributed by atoms with E-state index < -0.39 is 17.8 Å². The Labute approximate surface area is 204 Å². The van der Waals surface area contributed by atoms with E-state index in [0.717, 1.165) is 23.4 Å². The quantitative estimate of drug-likeness (QED) is 0.437. The van der Waals surface area contributed by atoms with Gasteiger partial charge in [0.15, 0.2) is 0 Å². The first-order chi connectivity index (χ1) is 16.6. The second kappa shape index (κ2) is 9.85. The lowest BCUT2D eigenvalue weighted by Crippen LogP contribution is -2.22. The Balaban J connectivity index is 1.39. The first kappa shape index (κ1) is 24.4. The van der Waals surface area contributed by atoms with E-state index >= 15 is 0 Å². The molecule has 184 valence electrons. The minimum Gasteiger partial charge on any atom is -0.364 e. The molecule has 1 saturated carbocycles. The summed E-state index contributed by atoms with van der Waals surface area (Å²) >= 11 is 0. The molecule has 4 N–H and O–H groups in total. The van der Waals surface area contributed by atoms with Crippen LogP contribution in [-0.4, -0.2) is 26.7 Å². The van der Waals surface area contributed by atoms with Crippen molar-refractivity contribution in [1.29, 1.82) is 0 Å². The van der Waals surface area contributed by atoms with Crippen LogP contribution in [0.2, 0.25) is 0 Å². The molecular formula is C26H31FN6O2. The van der Waals surface area contributed by atoms with Crippen LogP contribution in [0.3, 0.4) is 0 Å². The smallest absolute Gasteiger partial charge is 0.324 e. The number of urea groups is 1. The summed E-state index contributed by atoms with van der Waals surface area (Å²) in [5, 5.41) is 10.1. The van der Waals surface area contributed by atoms with Crippen LogP contribution < -0.4 is 16.4 Å². The van der Waals surface area contributed by atoms with Crippen molar-refractivity contribution < 1.29 is 14.0 Å². The maximum absolute atomic E-state index is 14.7. The summed E-state index contributed by atoms with van der Waals surface area (Å²) in [6.45, 7) is 6.97. The van der Waals surface area contributed by atoms with E-state index in [2.05, 4.69) is 41.5 Å². The average Bonchev–Trinajstić information content (AvgIpc) is 3.52. The molecule has 1 aliphatic rings. The van der Waals surface area contributed by atoms with Gasteiger partial charge in [-0.15, -0.1) is 0 Å². The summed E-state index contributed by atoms with van der Waals surface area (Å²) in [5.74, 6) is 0.0822. The van der Waals surface area contributed by atoms with Gasteiger partial charge in [-0.3, -0.25) is 15.1 Å². The van der Waals surface area contributed by atoms with E-state index in [0.29, 0.717) is 24.6 Å². The SMILES string of the molecule is CC(C)(C)c1cc(NC(=O)Nc2ccc(CCc3ccnc(C(N)=O)c3)cc2F)n(CC2CC2)n1. The largest absolute Gasteiger partial charge is 0.364 e. The molecule has 1 fully saturated rings. The number of amides is 3. The molecule has 4 rings (SSSR count). The molecule has 0 spiro atoms. The highest BCUT2D eigenvalue weighted by Crippen LogP contribution is 2.33. The number of carbonyl (C=O) groups excluding carboxylic acids is 2. The number of anilines is 2. The second-order valence-corrected chi connectivity index (χ2v) is 10.1. The van der Waals surface area contributed by atoms with Gasteiger partial charge < -0.3 is 11.1 Å². The molecular weight excluding hydrogens is 447 g/mol. The fourth-order valence-electron chi connectivity index (χ4n) is 3.71. The molecule has 9 heteroatoms. The van der Waals surface area contributed by atoms with E-state index in [1.807, 2.05) is 10.7 Å². The monoisotopic (exact) mass is 478 g/mol. The number of nitrogens with zero attached hydrogens (tertiary/aromatic N) is 3. The second-order valence-electron chi connectivity index (χ2n) is 10.1. The summed E-state index contributed by atoms with van der Waals surface area (Å²) in [6.07, 6.45) is 5.02. The number of aryl methyl sites for hydroxylation is 2. The van der Waals surface area contributed by atoms with Crippen LogP contribution in [0.4, 0.5) is 20.7 Å². The number of nitrogens with two attached hydrogens (primary N) is 1. The normalized spacial score (nSPS) is 13.5. The van der Waals surface area contributed by atoms with Crippen molar-refractivity contribution in [2.24, 2.45) is 11.7 Å². The minimum atomic E-state index is -0.586. The topological polar surface area (TPSA) is 115 Å². The summed E-state index contributed by atoms with van der Waals surface area (Å²) in [5.41, 5.74) is 7.95. The van der Waals surface area contributed by atoms with Gasteiger partial charge in [0.1, 0.15) is 17.3 Å². The number of benzene rings is 1. The Kier molecular flexibility index (Phi) is 6.86. The minimum absolute atomic E-state index is 0.0930. The zero-order valence-electron chi connectivity index (χ0n) is 20.3. The molecule has 1 aromatic carbocycles. The highest BCUT2D eigenvalue weighted by molar-refractivity contribution is 5.99.